The van der Waals surface area contributed by atoms with Crippen LogP contribution in [0.1, 0.15) is 12.0 Å². The molecule has 0 fully saturated rings. The molecule has 0 amide bonds. The van der Waals surface area contributed by atoms with E-state index in [9.17, 15) is 4.39 Å². The van der Waals surface area contributed by atoms with Gasteiger partial charge in [0.05, 0.1) is 11.4 Å². The van der Waals surface area contributed by atoms with E-state index >= 15 is 0 Å². The maximum Gasteiger partial charge on any atom is 0.159 e. The van der Waals surface area contributed by atoms with Gasteiger partial charge in [0.2, 0.25) is 0 Å². The standard InChI is InChI=1S/C66H51FN2OSi/c1-71(2)62-28-15-13-24-53(62)54-36-33-51(42-63(54)71)69(50-21-10-5-11-22-50)59-38-32-47-29-34-56-58(37-31-46-30-35-57(59)65(47)64(46)56)68(60-26-16-25-55-52-23-12-14-27-61(52)70-66(55)60)43-49(45-19-8-4-9-20-45)41-48(39-40-67)44-17-6-3-7-18-44/h3-19,21-39,41-42,45H,20,40,43H2,1-2H3/b48-39+,49-41+. The molecule has 5 heteroatoms. The van der Waals surface area contributed by atoms with E-state index in [4.69, 9.17) is 4.42 Å². The number of hydrogen-bond donors (Lipinski definition) is 0. The molecule has 1 aromatic heterocycles. The molecule has 0 saturated carbocycles. The second-order valence-corrected chi connectivity index (χ2v) is 23.9. The summed E-state index contributed by atoms with van der Waals surface area (Å²) in [7, 11) is -1.96. The molecule has 71 heavy (non-hydrogen) atoms. The van der Waals surface area contributed by atoms with Crippen LogP contribution in [0.3, 0.4) is 0 Å². The van der Waals surface area contributed by atoms with Crippen molar-refractivity contribution in [2.24, 2.45) is 5.92 Å². The monoisotopic (exact) mass is 934 g/mol. The Morgan fingerprint density at radius 3 is 2.04 bits per heavy atom. The molecule has 2 aliphatic rings. The van der Waals surface area contributed by atoms with Gasteiger partial charge in [-0.15, -0.1) is 0 Å². The first-order chi connectivity index (χ1) is 34.9. The van der Waals surface area contributed by atoms with Gasteiger partial charge >= 0.3 is 0 Å². The number of fused-ring (bicyclic) bond motifs is 6. The largest absolute Gasteiger partial charge is 0.454 e. The molecule has 2 heterocycles. The zero-order valence-corrected chi connectivity index (χ0v) is 40.8. The number of hydrogen-bond acceptors (Lipinski definition) is 3. The number of nitrogens with zero attached hydrogens (tertiary/aromatic N) is 2. The van der Waals surface area contributed by atoms with E-state index in [-0.39, 0.29) is 5.92 Å². The quantitative estimate of drug-likeness (QED) is 0.0732. The molecule has 13 rings (SSSR count). The van der Waals surface area contributed by atoms with Gasteiger partial charge in [0.15, 0.2) is 5.58 Å². The van der Waals surface area contributed by atoms with Gasteiger partial charge in [-0.25, -0.2) is 4.39 Å². The molecular weight excluding hydrogens is 884 g/mol. The van der Waals surface area contributed by atoms with E-state index in [1.165, 1.54) is 54.0 Å². The summed E-state index contributed by atoms with van der Waals surface area (Å²) in [6.45, 7) is 4.96. The van der Waals surface area contributed by atoms with E-state index < -0.39 is 14.7 Å². The average Bonchev–Trinajstić information content (AvgIpc) is 3.92. The van der Waals surface area contributed by atoms with Crippen molar-refractivity contribution in [3.63, 3.8) is 0 Å². The van der Waals surface area contributed by atoms with E-state index in [0.717, 1.165) is 73.3 Å². The number of allylic oxidation sites excluding steroid dienone is 7. The molecule has 1 aliphatic heterocycles. The first kappa shape index (κ1) is 42.8. The number of alkyl halides is 1. The van der Waals surface area contributed by atoms with Gasteiger partial charge in [-0.05, 0) is 121 Å². The minimum atomic E-state index is -1.96. The van der Waals surface area contributed by atoms with Gasteiger partial charge in [0.25, 0.3) is 0 Å². The summed E-state index contributed by atoms with van der Waals surface area (Å²) in [4.78, 5) is 4.92. The van der Waals surface area contributed by atoms with Crippen LogP contribution in [0.5, 0.6) is 0 Å². The van der Waals surface area contributed by atoms with Crippen molar-refractivity contribution in [2.45, 2.75) is 19.5 Å². The Labute approximate surface area is 414 Å². The number of furan rings is 1. The number of para-hydroxylation sites is 3. The van der Waals surface area contributed by atoms with Crippen molar-refractivity contribution in [2.75, 3.05) is 23.0 Å². The third-order valence-corrected chi connectivity index (χ3v) is 18.7. The highest BCUT2D eigenvalue weighted by atomic mass is 28.3. The van der Waals surface area contributed by atoms with Crippen LogP contribution in [0.25, 0.3) is 71.0 Å². The summed E-state index contributed by atoms with van der Waals surface area (Å²) in [5.74, 6) is 0.0945. The normalized spacial score (nSPS) is 15.3. The predicted molar refractivity (Wildman–Crippen MR) is 303 cm³/mol. The van der Waals surface area contributed by atoms with Crippen LogP contribution >= 0.6 is 0 Å². The third kappa shape index (κ3) is 7.14. The van der Waals surface area contributed by atoms with Crippen LogP contribution in [0, 0.1) is 5.92 Å². The summed E-state index contributed by atoms with van der Waals surface area (Å²) in [6.07, 6.45) is 13.6. The zero-order valence-electron chi connectivity index (χ0n) is 39.8. The lowest BCUT2D eigenvalue weighted by atomic mass is 9.88. The molecule has 0 N–H and O–H groups in total. The fourth-order valence-electron chi connectivity index (χ4n) is 11.8. The predicted octanol–water partition coefficient (Wildman–Crippen LogP) is 17.0. The molecule has 1 atom stereocenters. The lowest BCUT2D eigenvalue weighted by Gasteiger charge is -2.31. The van der Waals surface area contributed by atoms with Crippen molar-refractivity contribution in [1.82, 2.24) is 0 Å². The molecule has 0 spiro atoms. The van der Waals surface area contributed by atoms with Crippen LogP contribution in [-0.4, -0.2) is 21.3 Å². The summed E-state index contributed by atoms with van der Waals surface area (Å²) in [5.41, 5.74) is 12.9. The van der Waals surface area contributed by atoms with E-state index in [0.29, 0.717) is 6.54 Å². The fraction of sp³-hybridized carbons (Fsp3) is 0.0909. The molecule has 11 aromatic rings. The third-order valence-electron chi connectivity index (χ3n) is 15.2. The Kier molecular flexibility index (Phi) is 10.4. The van der Waals surface area contributed by atoms with Crippen molar-refractivity contribution in [1.29, 1.82) is 0 Å². The molecular formula is C66H51FN2OSi. The Balaban J connectivity index is 1.03. The van der Waals surface area contributed by atoms with Crippen LogP contribution < -0.4 is 20.2 Å². The topological polar surface area (TPSA) is 19.6 Å². The van der Waals surface area contributed by atoms with Gasteiger partial charge in [-0.3, -0.25) is 0 Å². The number of anilines is 5. The van der Waals surface area contributed by atoms with E-state index in [2.05, 4.69) is 223 Å². The zero-order chi connectivity index (χ0) is 47.6. The Morgan fingerprint density at radius 1 is 0.592 bits per heavy atom. The summed E-state index contributed by atoms with van der Waals surface area (Å²) in [5, 5.41) is 12.3. The molecule has 10 aromatic carbocycles. The lowest BCUT2D eigenvalue weighted by molar-refractivity contribution is 0.562. The average molecular weight is 935 g/mol. The summed E-state index contributed by atoms with van der Waals surface area (Å²) in [6, 6.07) is 70.5. The number of benzene rings is 10. The number of halogens is 1. The highest BCUT2D eigenvalue weighted by molar-refractivity contribution is 7.03. The lowest BCUT2D eigenvalue weighted by Crippen LogP contribution is -2.49. The second-order valence-electron chi connectivity index (χ2n) is 19.6. The minimum Gasteiger partial charge on any atom is -0.454 e. The van der Waals surface area contributed by atoms with Gasteiger partial charge in [-0.2, -0.15) is 0 Å². The smallest absolute Gasteiger partial charge is 0.159 e. The van der Waals surface area contributed by atoms with Crippen molar-refractivity contribution in [3.05, 3.63) is 242 Å². The van der Waals surface area contributed by atoms with Gasteiger partial charge in [-0.1, -0.05) is 189 Å². The SMILES string of the molecule is C[Si]1(C)c2ccccc2-c2ccc(N(c3ccccc3)c3ccc4ccc5c(N(C/C(=C\C(=C/CF)c6ccccc6)C6C=CC=CC6)c6cccc7c6oc6ccccc67)ccc6ccc3c4c65)cc21. The molecule has 3 nitrogen and oxygen atoms in total. The van der Waals surface area contributed by atoms with Crippen molar-refractivity contribution >= 4 is 107 Å². The van der Waals surface area contributed by atoms with Crippen LogP contribution in [0.4, 0.5) is 32.8 Å². The molecule has 0 radical (unpaired) electrons. The van der Waals surface area contributed by atoms with E-state index in [1.54, 1.807) is 6.08 Å². The van der Waals surface area contributed by atoms with Crippen LogP contribution in [0.15, 0.2) is 241 Å². The maximum absolute atomic E-state index is 14.5. The highest BCUT2D eigenvalue weighted by Crippen LogP contribution is 2.48. The Morgan fingerprint density at radius 2 is 1.27 bits per heavy atom. The second kappa shape index (κ2) is 17.3. The number of rotatable bonds is 11. The van der Waals surface area contributed by atoms with Crippen LogP contribution in [0.2, 0.25) is 13.1 Å². The fourth-order valence-corrected chi connectivity index (χ4v) is 14.9. The van der Waals surface area contributed by atoms with Crippen LogP contribution in [-0.2, 0) is 0 Å². The Bertz CT molecular complexity index is 3980. The van der Waals surface area contributed by atoms with E-state index in [1.807, 2.05) is 24.3 Å². The van der Waals surface area contributed by atoms with Gasteiger partial charge < -0.3 is 14.2 Å². The molecule has 1 unspecified atom stereocenters. The summed E-state index contributed by atoms with van der Waals surface area (Å²) < 4.78 is 21.4. The highest BCUT2D eigenvalue weighted by Gasteiger charge is 2.38. The van der Waals surface area contributed by atoms with Gasteiger partial charge in [0, 0.05) is 51.1 Å². The first-order valence-electron chi connectivity index (χ1n) is 24.8. The Hall–Kier alpha value is -8.25. The molecule has 342 valence electrons. The minimum absolute atomic E-state index is 0.0945. The van der Waals surface area contributed by atoms with Crippen molar-refractivity contribution in [3.8, 4) is 11.1 Å². The molecule has 1 aliphatic carbocycles. The summed E-state index contributed by atoms with van der Waals surface area (Å²) >= 11 is 0. The van der Waals surface area contributed by atoms with Gasteiger partial charge in [0.1, 0.15) is 20.3 Å². The molecule has 0 saturated heterocycles. The molecule has 0 bridgehead atoms. The maximum atomic E-state index is 14.5. The first-order valence-corrected chi connectivity index (χ1v) is 27.8. The van der Waals surface area contributed by atoms with Crippen molar-refractivity contribution < 1.29 is 8.81 Å².